The van der Waals surface area contributed by atoms with Gasteiger partial charge in [0.25, 0.3) is 0 Å². The van der Waals surface area contributed by atoms with Crippen molar-refractivity contribution in [3.8, 4) is 0 Å². The van der Waals surface area contributed by atoms with Crippen molar-refractivity contribution < 1.29 is 54.2 Å². The molecule has 6 unspecified atom stereocenters. The van der Waals surface area contributed by atoms with Crippen molar-refractivity contribution in [3.05, 3.63) is 34.4 Å². The van der Waals surface area contributed by atoms with E-state index in [1.807, 2.05) is 6.92 Å². The fourth-order valence-corrected chi connectivity index (χ4v) is 5.19. The van der Waals surface area contributed by atoms with Crippen LogP contribution in [-0.4, -0.2) is 80.4 Å². The largest absolute Gasteiger partial charge is 0.392 e. The molecule has 0 aromatic rings. The smallest absolute Gasteiger partial charge is 0.345 e. The van der Waals surface area contributed by atoms with Gasteiger partial charge in [0, 0.05) is 11.5 Å². The molecule has 11 nitrogen and oxygen atoms in total. The third-order valence-electron chi connectivity index (χ3n) is 7.15. The minimum Gasteiger partial charge on any atom is -0.392 e. The molecule has 3 aliphatic rings. The Morgan fingerprint density at radius 1 is 0.865 bits per heavy atom. The highest BCUT2D eigenvalue weighted by molar-refractivity contribution is 6.15. The number of aliphatic hydroxyl groups excluding tert-OH is 5. The summed E-state index contributed by atoms with van der Waals surface area (Å²) in [6.45, 7) is 1.73. The molecular weight excluding hydrogens is 488 g/mol. The van der Waals surface area contributed by atoms with E-state index in [9.17, 15) is 39.6 Å². The Morgan fingerprint density at radius 2 is 1.46 bits per heavy atom. The van der Waals surface area contributed by atoms with Gasteiger partial charge in [-0.15, -0.1) is 0 Å². The summed E-state index contributed by atoms with van der Waals surface area (Å²) in [5.41, 5.74) is -1.20. The Kier molecular flexibility index (Phi) is 9.91. The highest BCUT2D eigenvalue weighted by atomic mass is 16.6. The third-order valence-corrected chi connectivity index (χ3v) is 7.15. The molecular formula is C26H34O11. The first-order chi connectivity index (χ1) is 17.6. The lowest BCUT2D eigenvalue weighted by Crippen LogP contribution is -2.38. The Bertz CT molecular complexity index is 1010. The fourth-order valence-electron chi connectivity index (χ4n) is 5.19. The lowest BCUT2D eigenvalue weighted by atomic mass is 9.80. The second-order valence-corrected chi connectivity index (χ2v) is 9.64. The third kappa shape index (κ3) is 6.24. The molecule has 0 spiro atoms. The highest BCUT2D eigenvalue weighted by Crippen LogP contribution is 2.42. The van der Waals surface area contributed by atoms with E-state index >= 15 is 0 Å². The summed E-state index contributed by atoms with van der Waals surface area (Å²) in [5, 5.41) is 52.7. The van der Waals surface area contributed by atoms with Crippen LogP contribution in [0.15, 0.2) is 34.4 Å². The van der Waals surface area contributed by atoms with Crippen molar-refractivity contribution in [2.75, 3.05) is 6.61 Å². The van der Waals surface area contributed by atoms with E-state index in [-0.39, 0.29) is 49.0 Å². The number of hydrogen-bond donors (Lipinski definition) is 5. The molecule has 37 heavy (non-hydrogen) atoms. The predicted molar refractivity (Wildman–Crippen MR) is 126 cm³/mol. The van der Waals surface area contributed by atoms with E-state index < -0.39 is 65.7 Å². The van der Waals surface area contributed by atoms with Crippen LogP contribution in [0.2, 0.25) is 0 Å². The van der Waals surface area contributed by atoms with E-state index in [2.05, 4.69) is 0 Å². The van der Waals surface area contributed by atoms with Gasteiger partial charge < -0.3 is 35.0 Å². The first kappa shape index (κ1) is 28.9. The molecule has 5 N–H and O–H groups in total. The van der Waals surface area contributed by atoms with Crippen LogP contribution in [0.1, 0.15) is 58.3 Å². The van der Waals surface area contributed by atoms with E-state index in [4.69, 9.17) is 14.6 Å². The Morgan fingerprint density at radius 3 is 2.05 bits per heavy atom. The summed E-state index contributed by atoms with van der Waals surface area (Å²) in [6, 6.07) is 0. The maximum Gasteiger partial charge on any atom is 0.345 e. The van der Waals surface area contributed by atoms with Gasteiger partial charge in [-0.05, 0) is 31.6 Å². The first-order valence-corrected chi connectivity index (χ1v) is 12.6. The topological polar surface area (TPSA) is 188 Å². The molecule has 2 aliphatic heterocycles. The maximum atomic E-state index is 12.8. The van der Waals surface area contributed by atoms with Crippen LogP contribution in [0.3, 0.4) is 0 Å². The van der Waals surface area contributed by atoms with Crippen LogP contribution in [0, 0.1) is 11.8 Å². The Hall–Kier alpha value is -2.70. The molecule has 0 saturated heterocycles. The number of rotatable bonds is 11. The van der Waals surface area contributed by atoms with Crippen molar-refractivity contribution >= 4 is 23.9 Å². The highest BCUT2D eigenvalue weighted by Gasteiger charge is 2.51. The number of carbonyl (C=O) groups is 4. The van der Waals surface area contributed by atoms with E-state index in [0.717, 1.165) is 19.3 Å². The van der Waals surface area contributed by atoms with Crippen molar-refractivity contribution in [1.29, 1.82) is 0 Å². The second-order valence-electron chi connectivity index (χ2n) is 9.64. The Balaban J connectivity index is 2.08. The maximum absolute atomic E-state index is 12.8. The predicted octanol–water partition coefficient (Wildman–Crippen LogP) is 0.125. The number of unbranched alkanes of at least 4 members (excludes halogenated alkanes) is 3. The minimum atomic E-state index is -1.85. The average molecular weight is 523 g/mol. The van der Waals surface area contributed by atoms with Crippen molar-refractivity contribution in [1.82, 2.24) is 0 Å². The van der Waals surface area contributed by atoms with Gasteiger partial charge in [0.15, 0.2) is 0 Å². The van der Waals surface area contributed by atoms with Gasteiger partial charge >= 0.3 is 23.9 Å². The fraction of sp³-hybridized carbons (Fsp3) is 0.615. The minimum absolute atomic E-state index is 0.0650. The lowest BCUT2D eigenvalue weighted by molar-refractivity contribution is -0.154. The van der Waals surface area contributed by atoms with Crippen LogP contribution < -0.4 is 0 Å². The van der Waals surface area contributed by atoms with Crippen molar-refractivity contribution in [3.63, 3.8) is 0 Å². The van der Waals surface area contributed by atoms with E-state index in [1.54, 1.807) is 0 Å². The molecule has 204 valence electrons. The van der Waals surface area contributed by atoms with Crippen LogP contribution in [0.5, 0.6) is 0 Å². The van der Waals surface area contributed by atoms with Crippen LogP contribution in [-0.2, 0) is 28.7 Å². The van der Waals surface area contributed by atoms with Crippen LogP contribution in [0.25, 0.3) is 0 Å². The molecule has 0 bridgehead atoms. The normalized spacial score (nSPS) is 26.9. The van der Waals surface area contributed by atoms with Crippen LogP contribution in [0.4, 0.5) is 0 Å². The van der Waals surface area contributed by atoms with E-state index in [1.165, 1.54) is 12.2 Å². The van der Waals surface area contributed by atoms with Gasteiger partial charge in [-0.1, -0.05) is 44.8 Å². The summed E-state index contributed by atoms with van der Waals surface area (Å²) in [6.07, 6.45) is -0.760. The van der Waals surface area contributed by atoms with Crippen LogP contribution >= 0.6 is 0 Å². The molecule has 0 aromatic heterocycles. The molecule has 0 radical (unpaired) electrons. The SMILES string of the molecule is CCCCCCC(O)C1C2=C(CC(C(O)C(O)C/C=C/CO)CC3=C(C(=O)OC3=O)C1O)C(=O)OC2=O. The summed E-state index contributed by atoms with van der Waals surface area (Å²) < 4.78 is 9.53. The van der Waals surface area contributed by atoms with Gasteiger partial charge in [-0.25, -0.2) is 19.2 Å². The van der Waals surface area contributed by atoms with Gasteiger partial charge in [0.1, 0.15) is 0 Å². The molecule has 0 aromatic carbocycles. The summed E-state index contributed by atoms with van der Waals surface area (Å²) >= 11 is 0. The zero-order valence-electron chi connectivity index (χ0n) is 20.7. The van der Waals surface area contributed by atoms with E-state index in [0.29, 0.717) is 6.42 Å². The average Bonchev–Trinajstić information content (AvgIpc) is 3.30. The quantitative estimate of drug-likeness (QED) is 0.107. The first-order valence-electron chi connectivity index (χ1n) is 12.6. The van der Waals surface area contributed by atoms with Crippen molar-refractivity contribution in [2.45, 2.75) is 82.7 Å². The summed E-state index contributed by atoms with van der Waals surface area (Å²) in [7, 11) is 0. The monoisotopic (exact) mass is 522 g/mol. The number of esters is 4. The second kappa shape index (κ2) is 12.7. The number of carbonyl (C=O) groups excluding carboxylic acids is 4. The Labute approximate surface area is 214 Å². The number of ether oxygens (including phenoxy) is 2. The molecule has 2 heterocycles. The summed E-state index contributed by atoms with van der Waals surface area (Å²) in [4.78, 5) is 50.6. The molecule has 0 saturated carbocycles. The van der Waals surface area contributed by atoms with Gasteiger partial charge in [-0.2, -0.15) is 0 Å². The molecule has 6 atom stereocenters. The molecule has 1 aliphatic carbocycles. The molecule has 0 amide bonds. The number of cyclic esters (lactones) is 4. The van der Waals surface area contributed by atoms with Gasteiger partial charge in [0.05, 0.1) is 47.7 Å². The lowest BCUT2D eigenvalue weighted by Gasteiger charge is -2.28. The molecule has 3 rings (SSSR count). The summed E-state index contributed by atoms with van der Waals surface area (Å²) in [5.74, 6) is -6.80. The van der Waals surface area contributed by atoms with Crippen molar-refractivity contribution in [2.24, 2.45) is 11.8 Å². The molecule has 0 fully saturated rings. The number of hydrogen-bond acceptors (Lipinski definition) is 11. The zero-order valence-corrected chi connectivity index (χ0v) is 20.7. The zero-order chi connectivity index (χ0) is 27.3. The molecule has 11 heteroatoms. The van der Waals surface area contributed by atoms with Gasteiger partial charge in [0.2, 0.25) is 0 Å². The standard InChI is InChI=1S/C26H34O11/c1-2-3-4-5-8-16(28)20-18-14(23(32)36-25(18)34)11-13(21(30)17(29)9-6-7-10-27)12-15-19(22(20)31)26(35)37-24(15)33/h6-7,13,16-17,20-22,27-31H,2-5,8-12H2,1H3/b7-6+. The van der Waals surface area contributed by atoms with Gasteiger partial charge in [-0.3, -0.25) is 0 Å². The number of aliphatic hydroxyl groups is 5.